The molecule has 0 spiro atoms. The number of carbonyl (C=O) groups is 9. The van der Waals surface area contributed by atoms with Crippen LogP contribution in [0.5, 0.6) is 0 Å². The van der Waals surface area contributed by atoms with Crippen molar-refractivity contribution in [1.29, 1.82) is 0 Å². The van der Waals surface area contributed by atoms with Gasteiger partial charge in [-0.3, -0.25) is 48.1 Å². The van der Waals surface area contributed by atoms with Crippen molar-refractivity contribution in [2.75, 3.05) is 92.0 Å². The molecule has 0 aromatic rings. The average molecular weight is 1370 g/mol. The highest BCUT2D eigenvalue weighted by molar-refractivity contribution is 5.86. The standard InChI is InChI=1S/C61H110N10O24/c1-5-40(58(89)67-28-19-26-64-46(80)22-12-8-17-31-92-61-51(70-39(4)77)57(88)54(85)43(36-74)95-61)71(33-48(82)66-27-18-25-63-45(79)21-11-7-16-30-91-60-50(69-38(3)76)56(87)53(84)42(35-73)94-60)32-47(81)65-24-14-9-13-23-62-44(78)20-10-6-15-29-90-59-49(68-37(2)75)55(86)52(83)41(34-72)93-59/h40-43,49-57,59-61,72-74,83-88H,5-36H2,1-4H3,(H,62,78)(H,63,79)(H,64,80)(H,65,81)(H,66,82)(H,67,89)(H,68,75)(H,69,76)(H,70,77)/t40?,41?,42?,43?,49-,50-,51-,52-,53-,54-,55?,56?,57?,59+,60+,61+/m0/s1. The molecule has 3 heterocycles. The molecule has 0 aliphatic carbocycles. The number of unbranched alkanes of at least 4 members (excludes halogenated alkanes) is 8. The summed E-state index contributed by atoms with van der Waals surface area (Å²) in [5.41, 5.74) is 0. The second kappa shape index (κ2) is 47.5. The lowest BCUT2D eigenvalue weighted by Crippen LogP contribution is -2.64. The molecular formula is C61H110N10O24. The van der Waals surface area contributed by atoms with E-state index in [4.69, 9.17) is 28.4 Å². The quantitative estimate of drug-likeness (QED) is 0.0252. The number of nitrogens with zero attached hydrogens (tertiary/aromatic N) is 1. The zero-order valence-corrected chi connectivity index (χ0v) is 55.5. The Bertz CT molecular complexity index is 2290. The van der Waals surface area contributed by atoms with Crippen LogP contribution in [0.2, 0.25) is 0 Å². The second-order valence-electron chi connectivity index (χ2n) is 24.0. The fourth-order valence-corrected chi connectivity index (χ4v) is 10.8. The van der Waals surface area contributed by atoms with Crippen LogP contribution in [0.4, 0.5) is 0 Å². The van der Waals surface area contributed by atoms with E-state index in [1.54, 1.807) is 6.92 Å². The van der Waals surface area contributed by atoms with Crippen molar-refractivity contribution in [2.45, 2.75) is 241 Å². The molecule has 0 radical (unpaired) electrons. The SMILES string of the molecule is CCC(C(=O)NCCCNC(=O)CCCCCO[C@@H]1OC(CO)[C@H](O)C(O)[C@@H]1NC(C)=O)N(CC(=O)NCCCCCNC(=O)CCCCCO[C@@H]1OC(CO)[C@H](O)C(O)[C@@H]1NC(C)=O)CC(=O)NCCCNC(=O)CCCCCO[C@@H]1OC(CO)[C@H](O)C(O)[C@@H]1NC(C)=O. The van der Waals surface area contributed by atoms with E-state index in [2.05, 4.69) is 47.9 Å². The number of nitrogens with one attached hydrogen (secondary N) is 9. The Balaban J connectivity index is 1.40. The van der Waals surface area contributed by atoms with E-state index in [-0.39, 0.29) is 102 Å². The van der Waals surface area contributed by atoms with E-state index in [0.29, 0.717) is 103 Å². The first-order valence-corrected chi connectivity index (χ1v) is 33.3. The van der Waals surface area contributed by atoms with Crippen molar-refractivity contribution in [3.05, 3.63) is 0 Å². The molecule has 3 fully saturated rings. The van der Waals surface area contributed by atoms with Gasteiger partial charge in [0.1, 0.15) is 73.1 Å². The molecule has 0 aromatic heterocycles. The summed E-state index contributed by atoms with van der Waals surface area (Å²) in [7, 11) is 0. The van der Waals surface area contributed by atoms with Gasteiger partial charge in [0.25, 0.3) is 0 Å². The fraction of sp³-hybridized carbons (Fsp3) is 0.852. The van der Waals surface area contributed by atoms with E-state index >= 15 is 0 Å². The monoisotopic (exact) mass is 1370 g/mol. The van der Waals surface area contributed by atoms with Crippen molar-refractivity contribution in [1.82, 2.24) is 52.8 Å². The van der Waals surface area contributed by atoms with E-state index in [1.807, 2.05) is 0 Å². The van der Waals surface area contributed by atoms with Gasteiger partial charge in [-0.15, -0.1) is 0 Å². The summed E-state index contributed by atoms with van der Waals surface area (Å²) in [6.07, 6.45) is -6.70. The highest BCUT2D eigenvalue weighted by Gasteiger charge is 2.48. The molecule has 9 amide bonds. The molecule has 548 valence electrons. The Morgan fingerprint density at radius 3 is 0.958 bits per heavy atom. The normalized spacial score (nSPS) is 26.1. The van der Waals surface area contributed by atoms with E-state index in [1.165, 1.54) is 25.7 Å². The van der Waals surface area contributed by atoms with E-state index < -0.39 is 153 Å². The molecule has 16 atom stereocenters. The molecule has 7 unspecified atom stereocenters. The number of aliphatic hydroxyl groups excluding tert-OH is 9. The van der Waals surface area contributed by atoms with Gasteiger partial charge in [-0.2, -0.15) is 0 Å². The molecule has 34 heteroatoms. The van der Waals surface area contributed by atoms with Gasteiger partial charge in [0, 0.05) is 99.1 Å². The van der Waals surface area contributed by atoms with E-state index in [0.717, 1.165) is 0 Å². The second-order valence-corrected chi connectivity index (χ2v) is 24.0. The Kier molecular flexibility index (Phi) is 41.9. The van der Waals surface area contributed by atoms with Gasteiger partial charge < -0.3 is 122 Å². The minimum absolute atomic E-state index is 0.135. The highest BCUT2D eigenvalue weighted by atomic mass is 16.7. The molecule has 34 nitrogen and oxygen atoms in total. The van der Waals surface area contributed by atoms with Gasteiger partial charge in [-0.1, -0.05) is 26.2 Å². The minimum atomic E-state index is -1.43. The van der Waals surface area contributed by atoms with Crippen molar-refractivity contribution in [3.63, 3.8) is 0 Å². The van der Waals surface area contributed by atoms with Gasteiger partial charge in [-0.25, -0.2) is 0 Å². The maximum atomic E-state index is 13.7. The summed E-state index contributed by atoms with van der Waals surface area (Å²) >= 11 is 0. The number of carbonyl (C=O) groups excluding carboxylic acids is 9. The summed E-state index contributed by atoms with van der Waals surface area (Å²) < 4.78 is 33.9. The Morgan fingerprint density at radius 2 is 0.663 bits per heavy atom. The molecule has 3 aliphatic heterocycles. The first-order chi connectivity index (χ1) is 45.5. The smallest absolute Gasteiger partial charge is 0.237 e. The summed E-state index contributed by atoms with van der Waals surface area (Å²) in [6, 6.07) is -4.06. The third-order valence-corrected chi connectivity index (χ3v) is 16.0. The number of ether oxygens (including phenoxy) is 6. The Morgan fingerprint density at radius 1 is 0.379 bits per heavy atom. The average Bonchev–Trinajstić information content (AvgIpc) is 0.877. The van der Waals surface area contributed by atoms with Crippen molar-refractivity contribution >= 4 is 53.2 Å². The molecule has 3 rings (SSSR count). The van der Waals surface area contributed by atoms with Crippen molar-refractivity contribution in [3.8, 4) is 0 Å². The first-order valence-electron chi connectivity index (χ1n) is 33.3. The van der Waals surface area contributed by atoms with Crippen LogP contribution in [0.25, 0.3) is 0 Å². The molecule has 3 saturated heterocycles. The minimum Gasteiger partial charge on any atom is -0.394 e. The largest absolute Gasteiger partial charge is 0.394 e. The summed E-state index contributed by atoms with van der Waals surface area (Å²) in [5.74, 6) is -3.27. The topological polar surface area (TPSA) is 503 Å². The molecule has 0 bridgehead atoms. The van der Waals surface area contributed by atoms with Crippen LogP contribution in [0.3, 0.4) is 0 Å². The lowest BCUT2D eigenvalue weighted by molar-refractivity contribution is -0.270. The predicted octanol–water partition coefficient (Wildman–Crippen LogP) is -5.72. The molecule has 3 aliphatic rings. The van der Waals surface area contributed by atoms with Gasteiger partial charge in [-0.05, 0) is 77.0 Å². The number of hydrogen-bond acceptors (Lipinski definition) is 25. The third kappa shape index (κ3) is 32.2. The summed E-state index contributed by atoms with van der Waals surface area (Å²) in [6.45, 7) is 5.22. The molecule has 0 aromatic carbocycles. The maximum absolute atomic E-state index is 13.7. The lowest BCUT2D eigenvalue weighted by atomic mass is 9.97. The number of amides is 9. The maximum Gasteiger partial charge on any atom is 0.237 e. The van der Waals surface area contributed by atoms with Crippen LogP contribution in [-0.4, -0.2) is 294 Å². The third-order valence-electron chi connectivity index (χ3n) is 16.0. The zero-order valence-electron chi connectivity index (χ0n) is 55.5. The number of rotatable bonds is 48. The molecule has 95 heavy (non-hydrogen) atoms. The predicted molar refractivity (Wildman–Crippen MR) is 336 cm³/mol. The molecule has 0 saturated carbocycles. The Labute approximate surface area is 555 Å². The van der Waals surface area contributed by atoms with Crippen LogP contribution < -0.4 is 47.9 Å². The number of aliphatic hydroxyl groups is 9. The zero-order chi connectivity index (χ0) is 70.2. The van der Waals surface area contributed by atoms with Gasteiger partial charge in [0.15, 0.2) is 18.9 Å². The first kappa shape index (κ1) is 83.8. The van der Waals surface area contributed by atoms with Gasteiger partial charge in [0.05, 0.1) is 39.0 Å². The van der Waals surface area contributed by atoms with Crippen LogP contribution in [0.15, 0.2) is 0 Å². The summed E-state index contributed by atoms with van der Waals surface area (Å²) in [5, 5.41) is 115. The van der Waals surface area contributed by atoms with Crippen molar-refractivity contribution < 1.29 is 118 Å². The molecule has 18 N–H and O–H groups in total. The fourth-order valence-electron chi connectivity index (χ4n) is 10.8. The number of hydrogen-bond donors (Lipinski definition) is 18. The van der Waals surface area contributed by atoms with Crippen LogP contribution in [0.1, 0.15) is 143 Å². The Hall–Kier alpha value is -5.41. The molecular weight excluding hydrogens is 1260 g/mol. The van der Waals surface area contributed by atoms with Crippen LogP contribution in [-0.2, 0) is 71.6 Å². The van der Waals surface area contributed by atoms with E-state index in [9.17, 15) is 89.1 Å². The van der Waals surface area contributed by atoms with Gasteiger partial charge >= 0.3 is 0 Å². The summed E-state index contributed by atoms with van der Waals surface area (Å²) in [4.78, 5) is 115. The van der Waals surface area contributed by atoms with Crippen LogP contribution in [0, 0.1) is 0 Å². The lowest BCUT2D eigenvalue weighted by Gasteiger charge is -2.42. The van der Waals surface area contributed by atoms with Gasteiger partial charge in [0.2, 0.25) is 53.2 Å². The van der Waals surface area contributed by atoms with Crippen molar-refractivity contribution in [2.24, 2.45) is 0 Å². The van der Waals surface area contributed by atoms with Crippen LogP contribution >= 0.6 is 0 Å². The highest BCUT2D eigenvalue weighted by Crippen LogP contribution is 2.26.